The van der Waals surface area contributed by atoms with Gasteiger partial charge in [0.05, 0.1) is 17.5 Å². The van der Waals surface area contributed by atoms with Crippen molar-refractivity contribution in [2.24, 2.45) is 0 Å². The van der Waals surface area contributed by atoms with Gasteiger partial charge in [0.25, 0.3) is 0 Å². The van der Waals surface area contributed by atoms with Crippen LogP contribution >= 0.6 is 0 Å². The summed E-state index contributed by atoms with van der Waals surface area (Å²) in [6.07, 6.45) is 7.09. The maximum absolute atomic E-state index is 11.7. The van der Waals surface area contributed by atoms with E-state index in [1.807, 2.05) is 6.92 Å². The summed E-state index contributed by atoms with van der Waals surface area (Å²) in [6, 6.07) is -0.563. The fourth-order valence-electron chi connectivity index (χ4n) is 1.96. The number of rotatable bonds is 5. The van der Waals surface area contributed by atoms with Crippen molar-refractivity contribution in [3.05, 3.63) is 0 Å². The van der Waals surface area contributed by atoms with E-state index in [1.54, 1.807) is 0 Å². The molecule has 0 spiro atoms. The van der Waals surface area contributed by atoms with E-state index >= 15 is 0 Å². The minimum absolute atomic E-state index is 0.0227. The minimum atomic E-state index is -3.00. The van der Waals surface area contributed by atoms with Gasteiger partial charge in [-0.2, -0.15) is 0 Å². The van der Waals surface area contributed by atoms with E-state index in [1.165, 1.54) is 0 Å². The number of hydrogen-bond donors (Lipinski definition) is 2. The summed E-state index contributed by atoms with van der Waals surface area (Å²) >= 11 is 0. The monoisotopic (exact) mass is 272 g/mol. The SMILES string of the molecule is C#CC(CCC)NC(=O)CC1CS(=O)(=O)CCN1. The maximum atomic E-state index is 11.7. The van der Waals surface area contributed by atoms with Crippen LogP contribution in [0.2, 0.25) is 0 Å². The molecule has 1 saturated heterocycles. The molecule has 1 fully saturated rings. The highest BCUT2D eigenvalue weighted by Gasteiger charge is 2.26. The molecule has 2 atom stereocenters. The van der Waals surface area contributed by atoms with Gasteiger partial charge in [-0.15, -0.1) is 6.42 Å². The third-order valence-electron chi connectivity index (χ3n) is 2.85. The molecule has 1 aliphatic heterocycles. The Morgan fingerprint density at radius 1 is 1.61 bits per heavy atom. The van der Waals surface area contributed by atoms with Crippen molar-refractivity contribution in [2.45, 2.75) is 38.3 Å². The minimum Gasteiger partial charge on any atom is -0.342 e. The Morgan fingerprint density at radius 3 is 2.89 bits per heavy atom. The van der Waals surface area contributed by atoms with Gasteiger partial charge < -0.3 is 10.6 Å². The predicted octanol–water partition coefficient (Wildman–Crippen LogP) is -0.319. The third kappa shape index (κ3) is 5.07. The van der Waals surface area contributed by atoms with Crippen LogP contribution in [-0.2, 0) is 14.6 Å². The summed E-state index contributed by atoms with van der Waals surface area (Å²) in [5, 5.41) is 5.77. The first-order valence-corrected chi connectivity index (χ1v) is 7.98. The zero-order valence-corrected chi connectivity index (χ0v) is 11.4. The van der Waals surface area contributed by atoms with E-state index in [9.17, 15) is 13.2 Å². The summed E-state index contributed by atoms with van der Waals surface area (Å²) in [5.41, 5.74) is 0. The van der Waals surface area contributed by atoms with Crippen LogP contribution in [0.4, 0.5) is 0 Å². The molecule has 2 N–H and O–H groups in total. The Kier molecular flexibility index (Phi) is 5.63. The van der Waals surface area contributed by atoms with Crippen LogP contribution in [0.5, 0.6) is 0 Å². The second-order valence-electron chi connectivity index (χ2n) is 4.54. The molecule has 1 heterocycles. The summed E-state index contributed by atoms with van der Waals surface area (Å²) in [7, 11) is -3.00. The molecule has 5 nitrogen and oxygen atoms in total. The maximum Gasteiger partial charge on any atom is 0.222 e. The van der Waals surface area contributed by atoms with Crippen LogP contribution in [0.25, 0.3) is 0 Å². The number of carbonyl (C=O) groups is 1. The molecule has 0 aromatic heterocycles. The van der Waals surface area contributed by atoms with Gasteiger partial charge in [-0.3, -0.25) is 4.79 Å². The quantitative estimate of drug-likeness (QED) is 0.673. The number of hydrogen-bond acceptors (Lipinski definition) is 4. The molecule has 18 heavy (non-hydrogen) atoms. The number of terminal acetylenes is 1. The molecule has 2 unspecified atom stereocenters. The highest BCUT2D eigenvalue weighted by Crippen LogP contribution is 2.05. The smallest absolute Gasteiger partial charge is 0.222 e. The highest BCUT2D eigenvalue weighted by atomic mass is 32.2. The first-order chi connectivity index (χ1) is 8.46. The number of sulfone groups is 1. The van der Waals surface area contributed by atoms with Gasteiger partial charge in [-0.1, -0.05) is 19.3 Å². The zero-order chi connectivity index (χ0) is 13.6. The van der Waals surface area contributed by atoms with E-state index in [0.717, 1.165) is 12.8 Å². The molecule has 102 valence electrons. The lowest BCUT2D eigenvalue weighted by atomic mass is 10.1. The molecule has 0 aliphatic carbocycles. The zero-order valence-electron chi connectivity index (χ0n) is 10.6. The Hall–Kier alpha value is -1.06. The standard InChI is InChI=1S/C12H20N2O3S/c1-3-5-10(4-2)14-12(15)8-11-9-18(16,17)7-6-13-11/h2,10-11,13H,3,5-9H2,1H3,(H,14,15). The molecule has 6 heteroatoms. The Morgan fingerprint density at radius 2 is 2.33 bits per heavy atom. The highest BCUT2D eigenvalue weighted by molar-refractivity contribution is 7.91. The molecular formula is C12H20N2O3S. The fraction of sp³-hybridized carbons (Fsp3) is 0.750. The largest absolute Gasteiger partial charge is 0.342 e. The normalized spacial score (nSPS) is 23.9. The lowest BCUT2D eigenvalue weighted by Gasteiger charge is -2.23. The lowest BCUT2D eigenvalue weighted by molar-refractivity contribution is -0.121. The van der Waals surface area contributed by atoms with Crippen molar-refractivity contribution in [1.29, 1.82) is 0 Å². The topological polar surface area (TPSA) is 75.3 Å². The average molecular weight is 272 g/mol. The Bertz CT molecular complexity index is 425. The summed E-state index contributed by atoms with van der Waals surface area (Å²) < 4.78 is 22.8. The van der Waals surface area contributed by atoms with E-state index in [2.05, 4.69) is 16.6 Å². The van der Waals surface area contributed by atoms with Crippen LogP contribution in [0.3, 0.4) is 0 Å². The van der Waals surface area contributed by atoms with Gasteiger partial charge in [-0.05, 0) is 6.42 Å². The molecule has 1 aliphatic rings. The van der Waals surface area contributed by atoms with Gasteiger partial charge in [0.1, 0.15) is 0 Å². The van der Waals surface area contributed by atoms with Gasteiger partial charge in [0.2, 0.25) is 5.91 Å². The second-order valence-corrected chi connectivity index (χ2v) is 6.77. The van der Waals surface area contributed by atoms with E-state index < -0.39 is 9.84 Å². The number of amides is 1. The van der Waals surface area contributed by atoms with Crippen molar-refractivity contribution in [2.75, 3.05) is 18.1 Å². The van der Waals surface area contributed by atoms with E-state index in [4.69, 9.17) is 6.42 Å². The van der Waals surface area contributed by atoms with Crippen molar-refractivity contribution in [3.63, 3.8) is 0 Å². The summed E-state index contributed by atoms with van der Waals surface area (Å²) in [4.78, 5) is 11.7. The predicted molar refractivity (Wildman–Crippen MR) is 70.7 cm³/mol. The summed E-state index contributed by atoms with van der Waals surface area (Å²) in [6.45, 7) is 2.40. The van der Waals surface area contributed by atoms with Gasteiger partial charge in [0.15, 0.2) is 9.84 Å². The average Bonchev–Trinajstić information content (AvgIpc) is 2.26. The van der Waals surface area contributed by atoms with Crippen LogP contribution in [0.1, 0.15) is 26.2 Å². The van der Waals surface area contributed by atoms with Gasteiger partial charge in [0, 0.05) is 19.0 Å². The Labute approximate surface area is 109 Å². The van der Waals surface area contributed by atoms with Crippen LogP contribution in [-0.4, -0.2) is 44.5 Å². The van der Waals surface area contributed by atoms with Crippen molar-refractivity contribution in [1.82, 2.24) is 10.6 Å². The number of nitrogens with one attached hydrogen (secondary N) is 2. The molecule has 0 aromatic rings. The molecule has 0 saturated carbocycles. The fourth-order valence-corrected chi connectivity index (χ4v) is 3.41. The van der Waals surface area contributed by atoms with Crippen molar-refractivity contribution < 1.29 is 13.2 Å². The van der Waals surface area contributed by atoms with E-state index in [0.29, 0.717) is 6.54 Å². The second kappa shape index (κ2) is 6.76. The molecule has 0 bridgehead atoms. The summed E-state index contributed by atoms with van der Waals surface area (Å²) in [5.74, 6) is 2.49. The molecule has 0 aromatic carbocycles. The van der Waals surface area contributed by atoms with Crippen molar-refractivity contribution >= 4 is 15.7 Å². The number of carbonyl (C=O) groups excluding carboxylic acids is 1. The van der Waals surface area contributed by atoms with Crippen LogP contribution < -0.4 is 10.6 Å². The van der Waals surface area contributed by atoms with Crippen LogP contribution in [0, 0.1) is 12.3 Å². The molecule has 1 rings (SSSR count). The first-order valence-electron chi connectivity index (χ1n) is 6.16. The lowest BCUT2D eigenvalue weighted by Crippen LogP contribution is -2.48. The van der Waals surface area contributed by atoms with Crippen LogP contribution in [0.15, 0.2) is 0 Å². The van der Waals surface area contributed by atoms with E-state index in [-0.39, 0.29) is 35.9 Å². The van der Waals surface area contributed by atoms with Crippen molar-refractivity contribution in [3.8, 4) is 12.3 Å². The third-order valence-corrected chi connectivity index (χ3v) is 4.58. The van der Waals surface area contributed by atoms with Gasteiger partial charge in [-0.25, -0.2) is 8.42 Å². The Balaban J connectivity index is 2.43. The first kappa shape index (κ1) is 15.0. The molecule has 1 amide bonds. The molecule has 0 radical (unpaired) electrons. The molecular weight excluding hydrogens is 252 g/mol. The van der Waals surface area contributed by atoms with Gasteiger partial charge >= 0.3 is 0 Å².